The van der Waals surface area contributed by atoms with Gasteiger partial charge in [0.05, 0.1) is 5.82 Å². The van der Waals surface area contributed by atoms with E-state index in [1.54, 1.807) is 6.08 Å². The van der Waals surface area contributed by atoms with Crippen LogP contribution in [0, 0.1) is 0 Å². The van der Waals surface area contributed by atoms with Crippen molar-refractivity contribution in [3.8, 4) is 0 Å². The van der Waals surface area contributed by atoms with Crippen LogP contribution in [0.3, 0.4) is 0 Å². The smallest absolute Gasteiger partial charge is 0.0933 e. The number of nitrogens with two attached hydrogens (primary N) is 2. The van der Waals surface area contributed by atoms with Crippen molar-refractivity contribution in [3.63, 3.8) is 0 Å². The van der Waals surface area contributed by atoms with Gasteiger partial charge in [-0.15, -0.1) is 0 Å². The topological polar surface area (TPSA) is 55.3 Å². The number of likely N-dealkylation sites (N-methyl/N-ethyl adjacent to an activating group) is 1. The summed E-state index contributed by atoms with van der Waals surface area (Å²) in [4.78, 5) is 2.30. The second-order valence-electron chi connectivity index (χ2n) is 7.19. The SMILES string of the molecule is C/C=C\C=C/C1=CCCC=C1.CC.C\C1=C/C=C(/C=C/C=C(N)N)\C=C\CN(C)CC1. The molecule has 0 spiro atoms. The monoisotopic (exact) mass is 421 g/mol. The van der Waals surface area contributed by atoms with Crippen LogP contribution in [0.1, 0.15) is 47.0 Å². The first kappa shape index (κ1) is 28.2. The Balaban J connectivity index is 0.000000591. The molecule has 0 saturated carbocycles. The van der Waals surface area contributed by atoms with Crippen LogP contribution in [0.5, 0.6) is 0 Å². The molecule has 0 aromatic carbocycles. The van der Waals surface area contributed by atoms with Gasteiger partial charge in [-0.1, -0.05) is 98.4 Å². The van der Waals surface area contributed by atoms with Crippen molar-refractivity contribution >= 4 is 0 Å². The van der Waals surface area contributed by atoms with Gasteiger partial charge in [0.25, 0.3) is 0 Å². The molecule has 0 radical (unpaired) electrons. The van der Waals surface area contributed by atoms with Gasteiger partial charge in [0.2, 0.25) is 0 Å². The highest BCUT2D eigenvalue weighted by atomic mass is 15.1. The third-order valence-corrected chi connectivity index (χ3v) is 4.37. The van der Waals surface area contributed by atoms with Crippen LogP contribution in [0.15, 0.2) is 108 Å². The van der Waals surface area contributed by atoms with Gasteiger partial charge < -0.3 is 16.4 Å². The van der Waals surface area contributed by atoms with Crippen molar-refractivity contribution in [2.45, 2.75) is 47.0 Å². The Hall–Kier alpha value is -2.78. The fraction of sp³-hybridized carbons (Fsp3) is 0.357. The standard InChI is InChI=1S/C15H23N3.C11H14.C2H6/c1-13-8-9-14(5-3-7-15(16)17)6-4-11-18(2)12-10-13;1-2-3-5-8-11-9-6-4-7-10-11;1-2/h3-9H,10-12,16-17H2,1-2H3;2-3,5-6,8-10H,4,7H2,1H3;1-2H3/b5-3+,6-4+,13-8+,14-9-;3-2-,8-5-;. The van der Waals surface area contributed by atoms with Crippen molar-refractivity contribution in [2.75, 3.05) is 20.1 Å². The molecule has 0 fully saturated rings. The normalized spacial score (nSPS) is 21.6. The summed E-state index contributed by atoms with van der Waals surface area (Å²) in [6, 6.07) is 0. The average Bonchev–Trinajstić information content (AvgIpc) is 2.78. The van der Waals surface area contributed by atoms with Crippen LogP contribution < -0.4 is 11.5 Å². The van der Waals surface area contributed by atoms with Crippen LogP contribution >= 0.6 is 0 Å². The predicted octanol–water partition coefficient (Wildman–Crippen LogP) is 6.49. The molecule has 0 amide bonds. The fourth-order valence-corrected chi connectivity index (χ4v) is 2.62. The molecule has 0 aromatic rings. The minimum Gasteiger partial charge on any atom is -0.386 e. The Labute approximate surface area is 191 Å². The summed E-state index contributed by atoms with van der Waals surface area (Å²) >= 11 is 0. The maximum absolute atomic E-state index is 5.38. The quantitative estimate of drug-likeness (QED) is 0.510. The van der Waals surface area contributed by atoms with Crippen LogP contribution in [0.25, 0.3) is 0 Å². The lowest BCUT2D eigenvalue weighted by Gasteiger charge is -2.15. The van der Waals surface area contributed by atoms with Gasteiger partial charge in [-0.05, 0) is 57.4 Å². The second-order valence-corrected chi connectivity index (χ2v) is 7.19. The van der Waals surface area contributed by atoms with E-state index < -0.39 is 0 Å². The predicted molar refractivity (Wildman–Crippen MR) is 140 cm³/mol. The molecule has 2 rings (SSSR count). The molecule has 3 heteroatoms. The Morgan fingerprint density at radius 3 is 2.29 bits per heavy atom. The number of rotatable bonds is 4. The van der Waals surface area contributed by atoms with E-state index in [-0.39, 0.29) is 0 Å². The number of nitrogens with zero attached hydrogens (tertiary/aromatic N) is 1. The van der Waals surface area contributed by atoms with Crippen LogP contribution in [-0.2, 0) is 0 Å². The summed E-state index contributed by atoms with van der Waals surface area (Å²) in [5.41, 5.74) is 14.6. The van der Waals surface area contributed by atoms with Crippen molar-refractivity contribution < 1.29 is 0 Å². The highest BCUT2D eigenvalue weighted by molar-refractivity contribution is 5.37. The zero-order chi connectivity index (χ0) is 23.3. The van der Waals surface area contributed by atoms with Crippen molar-refractivity contribution in [1.82, 2.24) is 4.90 Å². The number of hydrogen-bond donors (Lipinski definition) is 2. The van der Waals surface area contributed by atoms with E-state index in [2.05, 4.69) is 73.6 Å². The molecule has 1 aliphatic carbocycles. The Bertz CT molecular complexity index is 749. The van der Waals surface area contributed by atoms with E-state index in [1.165, 1.54) is 24.0 Å². The van der Waals surface area contributed by atoms with E-state index in [9.17, 15) is 0 Å². The highest BCUT2D eigenvalue weighted by Gasteiger charge is 1.98. The molecule has 0 aromatic heterocycles. The van der Waals surface area contributed by atoms with E-state index in [0.717, 1.165) is 25.1 Å². The van der Waals surface area contributed by atoms with Gasteiger partial charge in [0.15, 0.2) is 0 Å². The summed E-state index contributed by atoms with van der Waals surface area (Å²) < 4.78 is 0. The zero-order valence-corrected chi connectivity index (χ0v) is 20.2. The Morgan fingerprint density at radius 2 is 1.65 bits per heavy atom. The minimum atomic E-state index is 0.321. The molecular weight excluding hydrogens is 378 g/mol. The summed E-state index contributed by atoms with van der Waals surface area (Å²) in [5.74, 6) is 0.321. The first-order valence-corrected chi connectivity index (χ1v) is 11.3. The summed E-state index contributed by atoms with van der Waals surface area (Å²) in [6.45, 7) is 10.2. The molecule has 0 unspecified atom stereocenters. The van der Waals surface area contributed by atoms with Gasteiger partial charge in [-0.3, -0.25) is 0 Å². The summed E-state index contributed by atoms with van der Waals surface area (Å²) in [7, 11) is 2.14. The lowest BCUT2D eigenvalue weighted by Crippen LogP contribution is -2.19. The number of hydrogen-bond acceptors (Lipinski definition) is 3. The maximum atomic E-state index is 5.38. The van der Waals surface area contributed by atoms with E-state index in [4.69, 9.17) is 11.5 Å². The lowest BCUT2D eigenvalue weighted by molar-refractivity contribution is 0.374. The van der Waals surface area contributed by atoms with Gasteiger partial charge in [0, 0.05) is 13.1 Å². The third-order valence-electron chi connectivity index (χ3n) is 4.37. The molecule has 2 aliphatic rings. The largest absolute Gasteiger partial charge is 0.386 e. The number of allylic oxidation sites excluding steroid dienone is 15. The fourth-order valence-electron chi connectivity index (χ4n) is 2.62. The first-order valence-electron chi connectivity index (χ1n) is 11.3. The molecule has 170 valence electrons. The maximum Gasteiger partial charge on any atom is 0.0933 e. The van der Waals surface area contributed by atoms with Crippen LogP contribution in [0.4, 0.5) is 0 Å². The molecule has 3 nitrogen and oxygen atoms in total. The molecular formula is C28H43N3. The van der Waals surface area contributed by atoms with Crippen molar-refractivity contribution in [2.24, 2.45) is 11.5 Å². The van der Waals surface area contributed by atoms with Gasteiger partial charge >= 0.3 is 0 Å². The average molecular weight is 422 g/mol. The van der Waals surface area contributed by atoms with Crippen LogP contribution in [0.2, 0.25) is 0 Å². The van der Waals surface area contributed by atoms with Crippen molar-refractivity contribution in [3.05, 3.63) is 108 Å². The Kier molecular flexibility index (Phi) is 17.5. The summed E-state index contributed by atoms with van der Waals surface area (Å²) in [5, 5.41) is 0. The minimum absolute atomic E-state index is 0.321. The molecule has 1 heterocycles. The molecule has 0 atom stereocenters. The van der Waals surface area contributed by atoms with Gasteiger partial charge in [-0.2, -0.15) is 0 Å². The third kappa shape index (κ3) is 16.7. The van der Waals surface area contributed by atoms with E-state index in [1.807, 2.05) is 45.1 Å². The molecule has 0 saturated heterocycles. The molecule has 31 heavy (non-hydrogen) atoms. The Morgan fingerprint density at radius 1 is 0.935 bits per heavy atom. The van der Waals surface area contributed by atoms with Gasteiger partial charge in [0.1, 0.15) is 0 Å². The lowest BCUT2D eigenvalue weighted by atomic mass is 10.1. The summed E-state index contributed by atoms with van der Waals surface area (Å²) in [6.07, 6.45) is 32.5. The van der Waals surface area contributed by atoms with Gasteiger partial charge in [-0.25, -0.2) is 0 Å². The molecule has 4 N–H and O–H groups in total. The van der Waals surface area contributed by atoms with Crippen molar-refractivity contribution in [1.29, 1.82) is 0 Å². The zero-order valence-electron chi connectivity index (χ0n) is 20.2. The van der Waals surface area contributed by atoms with Crippen LogP contribution in [-0.4, -0.2) is 25.0 Å². The second kappa shape index (κ2) is 19.2. The highest BCUT2D eigenvalue weighted by Crippen LogP contribution is 2.10. The molecule has 0 bridgehead atoms. The van der Waals surface area contributed by atoms with E-state index in [0.29, 0.717) is 5.82 Å². The van der Waals surface area contributed by atoms with E-state index >= 15 is 0 Å². The molecule has 1 aliphatic heterocycles. The first-order chi connectivity index (χ1) is 15.0.